The molecule has 0 aromatic carbocycles. The molecule has 0 amide bonds. The van der Waals surface area contributed by atoms with Crippen molar-refractivity contribution in [1.29, 1.82) is 0 Å². The Hall–Kier alpha value is -0.970. The second-order valence-corrected chi connectivity index (χ2v) is 5.02. The van der Waals surface area contributed by atoms with Gasteiger partial charge >= 0.3 is 5.97 Å². The van der Waals surface area contributed by atoms with Crippen LogP contribution in [0.2, 0.25) is 0 Å². The quantitative estimate of drug-likeness (QED) is 0.653. The van der Waals surface area contributed by atoms with E-state index in [1.54, 1.807) is 11.8 Å². The number of rotatable bonds is 1. The Bertz CT molecular complexity index is 376. The largest absolute Gasteiger partial charge is 0.466 e. The van der Waals surface area contributed by atoms with Crippen molar-refractivity contribution in [2.75, 3.05) is 19.4 Å². The fraction of sp³-hybridized carbons (Fsp3) is 0.636. The van der Waals surface area contributed by atoms with Crippen molar-refractivity contribution in [1.82, 2.24) is 4.90 Å². The first-order valence-corrected chi connectivity index (χ1v) is 6.41. The average molecular weight is 240 g/mol. The zero-order valence-electron chi connectivity index (χ0n) is 9.82. The minimum Gasteiger partial charge on any atom is -0.466 e. The van der Waals surface area contributed by atoms with E-state index in [1.807, 2.05) is 13.8 Å². The van der Waals surface area contributed by atoms with Gasteiger partial charge in [-0.05, 0) is 20.3 Å². The van der Waals surface area contributed by atoms with Crippen LogP contribution in [0.4, 0.5) is 0 Å². The molecule has 16 heavy (non-hydrogen) atoms. The van der Waals surface area contributed by atoms with Gasteiger partial charge in [0.2, 0.25) is 0 Å². The second-order valence-electron chi connectivity index (χ2n) is 3.96. The molecule has 0 saturated carbocycles. The van der Waals surface area contributed by atoms with Crippen molar-refractivity contribution in [3.05, 3.63) is 11.3 Å². The van der Waals surface area contributed by atoms with Crippen molar-refractivity contribution in [2.45, 2.75) is 26.3 Å². The third-order valence-corrected chi connectivity index (χ3v) is 4.04. The Morgan fingerprint density at radius 2 is 2.38 bits per heavy atom. The molecule has 0 spiro atoms. The predicted molar refractivity (Wildman–Crippen MR) is 65.4 cm³/mol. The van der Waals surface area contributed by atoms with Crippen LogP contribution >= 0.6 is 11.8 Å². The van der Waals surface area contributed by atoms with E-state index >= 15 is 0 Å². The van der Waals surface area contributed by atoms with Crippen LogP contribution in [0.3, 0.4) is 0 Å². The van der Waals surface area contributed by atoms with Crippen LogP contribution < -0.4 is 0 Å². The van der Waals surface area contributed by atoms with Gasteiger partial charge in [0.15, 0.2) is 5.17 Å². The Labute approximate surface area is 99.7 Å². The van der Waals surface area contributed by atoms with Gasteiger partial charge in [0.05, 0.1) is 24.4 Å². The topological polar surface area (TPSA) is 41.9 Å². The van der Waals surface area contributed by atoms with Gasteiger partial charge in [-0.2, -0.15) is 0 Å². The molecule has 5 heteroatoms. The van der Waals surface area contributed by atoms with E-state index in [2.05, 4.69) is 9.89 Å². The lowest BCUT2D eigenvalue weighted by molar-refractivity contribution is -0.136. The molecule has 4 nitrogen and oxygen atoms in total. The number of aliphatic imine (C=N–C) groups is 1. The minimum absolute atomic E-state index is 0.0766. The van der Waals surface area contributed by atoms with Crippen LogP contribution in [0.15, 0.2) is 16.3 Å². The molecule has 2 aliphatic rings. The lowest BCUT2D eigenvalue weighted by Crippen LogP contribution is -2.45. The van der Waals surface area contributed by atoms with Gasteiger partial charge in [-0.3, -0.25) is 0 Å². The van der Waals surface area contributed by atoms with Crippen LogP contribution in [-0.4, -0.2) is 41.5 Å². The molecule has 0 aromatic rings. The van der Waals surface area contributed by atoms with E-state index in [0.717, 1.165) is 29.6 Å². The maximum Gasteiger partial charge on any atom is 0.337 e. The zero-order valence-corrected chi connectivity index (χ0v) is 10.6. The zero-order chi connectivity index (χ0) is 11.7. The molecular formula is C11H16N2O2S. The lowest BCUT2D eigenvalue weighted by atomic mass is 10.0. The molecule has 0 radical (unpaired) electrons. The second kappa shape index (κ2) is 4.49. The number of esters is 1. The highest BCUT2D eigenvalue weighted by atomic mass is 32.2. The smallest absolute Gasteiger partial charge is 0.337 e. The summed E-state index contributed by atoms with van der Waals surface area (Å²) < 4.78 is 4.81. The van der Waals surface area contributed by atoms with Crippen molar-refractivity contribution in [3.8, 4) is 0 Å². The number of ether oxygens (including phenoxy) is 1. The van der Waals surface area contributed by atoms with E-state index < -0.39 is 0 Å². The number of allylic oxidation sites excluding steroid dienone is 1. The van der Waals surface area contributed by atoms with Crippen LogP contribution in [0.25, 0.3) is 0 Å². The molecule has 2 aliphatic heterocycles. The first-order valence-electron chi connectivity index (χ1n) is 5.42. The molecule has 1 atom stereocenters. The van der Waals surface area contributed by atoms with Crippen molar-refractivity contribution >= 4 is 22.9 Å². The number of fused-ring (bicyclic) bond motifs is 1. The SMILES string of the molecule is COC(=O)C1=C(C)N=C2SCCCN2C1C. The number of hydrogen-bond acceptors (Lipinski definition) is 5. The molecule has 0 aromatic heterocycles. The van der Waals surface area contributed by atoms with Crippen molar-refractivity contribution in [2.24, 2.45) is 4.99 Å². The molecule has 0 N–H and O–H groups in total. The third kappa shape index (κ3) is 1.84. The van der Waals surface area contributed by atoms with E-state index in [0.29, 0.717) is 5.57 Å². The molecule has 1 unspecified atom stereocenters. The van der Waals surface area contributed by atoms with E-state index in [-0.39, 0.29) is 12.0 Å². The number of nitrogens with zero attached hydrogens (tertiary/aromatic N) is 2. The summed E-state index contributed by atoms with van der Waals surface area (Å²) in [5.41, 5.74) is 1.48. The van der Waals surface area contributed by atoms with Crippen LogP contribution in [0.1, 0.15) is 20.3 Å². The molecule has 0 aliphatic carbocycles. The Morgan fingerprint density at radius 3 is 3.06 bits per heavy atom. The monoisotopic (exact) mass is 240 g/mol. The summed E-state index contributed by atoms with van der Waals surface area (Å²) in [7, 11) is 1.42. The first kappa shape index (κ1) is 11.5. The Morgan fingerprint density at radius 1 is 1.62 bits per heavy atom. The molecule has 2 rings (SSSR count). The Balaban J connectivity index is 2.36. The minimum atomic E-state index is -0.261. The number of carbonyl (C=O) groups excluding carboxylic acids is 1. The van der Waals surface area contributed by atoms with Crippen LogP contribution in [0, 0.1) is 0 Å². The van der Waals surface area contributed by atoms with E-state index in [9.17, 15) is 4.79 Å². The van der Waals surface area contributed by atoms with Gasteiger partial charge in [0.1, 0.15) is 0 Å². The first-order chi connectivity index (χ1) is 7.65. The Kier molecular flexibility index (Phi) is 3.23. The summed E-state index contributed by atoms with van der Waals surface area (Å²) >= 11 is 1.77. The fourth-order valence-electron chi connectivity index (χ4n) is 2.12. The van der Waals surface area contributed by atoms with Crippen LogP contribution in [0.5, 0.6) is 0 Å². The molecular weight excluding hydrogens is 224 g/mol. The standard InChI is InChI=1S/C11H16N2O2S/c1-7-9(10(14)15-3)8(2)13-5-4-6-16-11(13)12-7/h8H,4-6H2,1-3H3. The molecule has 1 fully saturated rings. The summed E-state index contributed by atoms with van der Waals surface area (Å²) in [6.07, 6.45) is 1.14. The van der Waals surface area contributed by atoms with Crippen molar-refractivity contribution < 1.29 is 9.53 Å². The molecule has 0 bridgehead atoms. The summed E-state index contributed by atoms with van der Waals surface area (Å²) in [6.45, 7) is 4.89. The third-order valence-electron chi connectivity index (χ3n) is 2.96. The normalized spacial score (nSPS) is 25.1. The summed E-state index contributed by atoms with van der Waals surface area (Å²) in [4.78, 5) is 18.4. The van der Waals surface area contributed by atoms with Crippen molar-refractivity contribution in [3.63, 3.8) is 0 Å². The van der Waals surface area contributed by atoms with E-state index in [4.69, 9.17) is 4.74 Å². The number of amidine groups is 1. The summed E-state index contributed by atoms with van der Waals surface area (Å²) in [5.74, 6) is 0.853. The maximum atomic E-state index is 11.7. The number of methoxy groups -OCH3 is 1. The number of thioether (sulfide) groups is 1. The highest BCUT2D eigenvalue weighted by molar-refractivity contribution is 8.13. The number of hydrogen-bond donors (Lipinski definition) is 0. The molecule has 2 heterocycles. The molecule has 88 valence electrons. The highest BCUT2D eigenvalue weighted by Crippen LogP contribution is 2.30. The summed E-state index contributed by atoms with van der Waals surface area (Å²) in [6, 6.07) is 0.0766. The van der Waals surface area contributed by atoms with Crippen LogP contribution in [-0.2, 0) is 9.53 Å². The van der Waals surface area contributed by atoms with Gasteiger partial charge < -0.3 is 9.64 Å². The van der Waals surface area contributed by atoms with Gasteiger partial charge in [0, 0.05) is 12.3 Å². The fourth-order valence-corrected chi connectivity index (χ4v) is 3.20. The summed E-state index contributed by atoms with van der Waals surface area (Å²) in [5, 5.41) is 1.05. The average Bonchev–Trinajstić information content (AvgIpc) is 2.28. The highest BCUT2D eigenvalue weighted by Gasteiger charge is 2.33. The van der Waals surface area contributed by atoms with Gasteiger partial charge in [0.25, 0.3) is 0 Å². The predicted octanol–water partition coefficient (Wildman–Crippen LogP) is 1.63. The molecule has 1 saturated heterocycles. The van der Waals surface area contributed by atoms with Gasteiger partial charge in [-0.1, -0.05) is 11.8 Å². The van der Waals surface area contributed by atoms with Gasteiger partial charge in [-0.15, -0.1) is 0 Å². The lowest BCUT2D eigenvalue weighted by Gasteiger charge is -2.38. The maximum absolute atomic E-state index is 11.7. The van der Waals surface area contributed by atoms with E-state index in [1.165, 1.54) is 7.11 Å². The van der Waals surface area contributed by atoms with Gasteiger partial charge in [-0.25, -0.2) is 9.79 Å². The number of carbonyl (C=O) groups is 1.